The number of halogens is 4. The van der Waals surface area contributed by atoms with E-state index in [9.17, 15) is 9.59 Å². The molecule has 214 valence electrons. The van der Waals surface area contributed by atoms with Crippen LogP contribution >= 0.6 is 46.1 Å². The van der Waals surface area contributed by atoms with E-state index < -0.39 is 5.82 Å². The number of rotatable bonds is 7. The molecule has 5 rings (SSSR count). The van der Waals surface area contributed by atoms with Crippen molar-refractivity contribution in [2.24, 2.45) is 5.92 Å². The molecule has 0 spiro atoms. The quantitative estimate of drug-likeness (QED) is 0.222. The van der Waals surface area contributed by atoms with E-state index in [1.807, 2.05) is 26.0 Å². The molecule has 10 heteroatoms. The first-order valence-electron chi connectivity index (χ1n) is 13.5. The maximum Gasteiger partial charge on any atom is 0.266 e. The molecule has 0 unspecified atom stereocenters. The summed E-state index contributed by atoms with van der Waals surface area (Å²) in [6, 6.07) is 11.9. The van der Waals surface area contributed by atoms with E-state index in [2.05, 4.69) is 10.3 Å². The Bertz CT molecular complexity index is 1590. The van der Waals surface area contributed by atoms with E-state index >= 15 is 4.39 Å². The van der Waals surface area contributed by atoms with Crippen molar-refractivity contribution in [2.75, 3.05) is 0 Å². The van der Waals surface area contributed by atoms with Crippen molar-refractivity contribution in [3.63, 3.8) is 0 Å². The molecule has 2 aromatic heterocycles. The summed E-state index contributed by atoms with van der Waals surface area (Å²) in [5.74, 6) is -0.761. The van der Waals surface area contributed by atoms with Gasteiger partial charge in [0.05, 0.1) is 19.8 Å². The van der Waals surface area contributed by atoms with Gasteiger partial charge in [-0.05, 0) is 67.1 Å². The molecule has 1 aliphatic carbocycles. The molecule has 41 heavy (non-hydrogen) atoms. The Morgan fingerprint density at radius 1 is 1.00 bits per heavy atom. The number of aromatic nitrogens is 1. The van der Waals surface area contributed by atoms with Crippen LogP contribution < -0.4 is 5.32 Å². The molecule has 2 amide bonds. The van der Waals surface area contributed by atoms with Crippen molar-refractivity contribution in [3.05, 3.63) is 86.2 Å². The average Bonchev–Trinajstić information content (AvgIpc) is 3.31. The van der Waals surface area contributed by atoms with Gasteiger partial charge in [0.15, 0.2) is 0 Å². The van der Waals surface area contributed by atoms with Crippen molar-refractivity contribution in [3.8, 4) is 11.1 Å². The van der Waals surface area contributed by atoms with Crippen LogP contribution in [0.2, 0.25) is 15.1 Å². The summed E-state index contributed by atoms with van der Waals surface area (Å²) in [6.45, 7) is 3.80. The van der Waals surface area contributed by atoms with Crippen LogP contribution in [0.15, 0.2) is 54.9 Å². The second-order valence-corrected chi connectivity index (χ2v) is 12.8. The van der Waals surface area contributed by atoms with Crippen LogP contribution in [0, 0.1) is 11.7 Å². The van der Waals surface area contributed by atoms with E-state index in [0.717, 1.165) is 11.1 Å². The third-order valence-corrected chi connectivity index (χ3v) is 10.2. The number of hydrogen-bond donors (Lipinski definition) is 1. The van der Waals surface area contributed by atoms with Crippen LogP contribution in [-0.4, -0.2) is 33.8 Å². The number of carbonyl (C=O) groups excluding carboxylic acids is 2. The van der Waals surface area contributed by atoms with Crippen molar-refractivity contribution in [1.29, 1.82) is 0 Å². The minimum absolute atomic E-state index is 0.0176. The molecule has 0 atom stereocenters. The van der Waals surface area contributed by atoms with Gasteiger partial charge in [0.1, 0.15) is 10.7 Å². The zero-order valence-electron chi connectivity index (χ0n) is 22.6. The zero-order valence-corrected chi connectivity index (χ0v) is 25.7. The Kier molecular flexibility index (Phi) is 9.19. The van der Waals surface area contributed by atoms with Gasteiger partial charge in [-0.15, -0.1) is 11.3 Å². The lowest BCUT2D eigenvalue weighted by Crippen LogP contribution is -2.46. The molecule has 1 fully saturated rings. The Balaban J connectivity index is 1.48. The predicted molar refractivity (Wildman–Crippen MR) is 165 cm³/mol. The number of carbonyl (C=O) groups is 2. The first-order chi connectivity index (χ1) is 19.6. The molecule has 2 aromatic carbocycles. The summed E-state index contributed by atoms with van der Waals surface area (Å²) in [5, 5.41) is 4.79. The first-order valence-corrected chi connectivity index (χ1v) is 15.4. The summed E-state index contributed by atoms with van der Waals surface area (Å²) >= 11 is 20.6. The minimum atomic E-state index is -0.393. The van der Waals surface area contributed by atoms with Crippen molar-refractivity contribution in [1.82, 2.24) is 15.2 Å². The first kappa shape index (κ1) is 29.8. The van der Waals surface area contributed by atoms with Gasteiger partial charge < -0.3 is 10.2 Å². The lowest BCUT2D eigenvalue weighted by molar-refractivity contribution is -0.125. The Hall–Kier alpha value is -2.71. The predicted octanol–water partition coefficient (Wildman–Crippen LogP) is 8.79. The molecular formula is C31H29Cl3FN3O2S. The van der Waals surface area contributed by atoms with E-state index in [0.29, 0.717) is 61.3 Å². The summed E-state index contributed by atoms with van der Waals surface area (Å²) in [4.78, 5) is 32.6. The minimum Gasteiger partial charge on any atom is -0.353 e. The number of pyridine rings is 1. The van der Waals surface area contributed by atoms with Gasteiger partial charge >= 0.3 is 0 Å². The molecule has 2 heterocycles. The molecule has 4 aromatic rings. The average molecular weight is 633 g/mol. The summed E-state index contributed by atoms with van der Waals surface area (Å²) in [5.41, 5.74) is 2.14. The van der Waals surface area contributed by atoms with Gasteiger partial charge in [-0.3, -0.25) is 14.6 Å². The van der Waals surface area contributed by atoms with Crippen LogP contribution in [-0.2, 0) is 11.3 Å². The second-order valence-electron chi connectivity index (χ2n) is 10.6. The summed E-state index contributed by atoms with van der Waals surface area (Å²) in [7, 11) is 0. The molecule has 5 nitrogen and oxygen atoms in total. The molecule has 0 aliphatic heterocycles. The number of nitrogens with zero attached hydrogens (tertiary/aromatic N) is 2. The van der Waals surface area contributed by atoms with Gasteiger partial charge in [-0.25, -0.2) is 4.39 Å². The van der Waals surface area contributed by atoms with Crippen molar-refractivity contribution in [2.45, 2.75) is 58.2 Å². The Labute approximate surface area is 257 Å². The Morgan fingerprint density at radius 2 is 1.71 bits per heavy atom. The fourth-order valence-electron chi connectivity index (χ4n) is 5.21. The Morgan fingerprint density at radius 3 is 2.39 bits per heavy atom. The third-order valence-electron chi connectivity index (χ3n) is 7.55. The topological polar surface area (TPSA) is 62.3 Å². The van der Waals surface area contributed by atoms with E-state index in [1.54, 1.807) is 41.6 Å². The highest BCUT2D eigenvalue weighted by molar-refractivity contribution is 7.22. The normalized spacial score (nSPS) is 17.1. The fourth-order valence-corrected chi connectivity index (χ4v) is 7.20. The highest BCUT2D eigenvalue weighted by Crippen LogP contribution is 2.43. The van der Waals surface area contributed by atoms with Crippen LogP contribution in [0.5, 0.6) is 0 Å². The number of amides is 2. The number of fused-ring (bicyclic) bond motifs is 1. The number of hydrogen-bond acceptors (Lipinski definition) is 4. The van der Waals surface area contributed by atoms with Crippen LogP contribution in [0.3, 0.4) is 0 Å². The zero-order chi connectivity index (χ0) is 29.3. The maximum absolute atomic E-state index is 15.3. The SMILES string of the molecule is CC(C)C(=O)NC1CCC(N(Cc2cc(-c3ccncc3)ccc2F)C(=O)c2sc3c(Cl)c(Cl)ccc3c2Cl)CC1. The number of thiophene rings is 1. The summed E-state index contributed by atoms with van der Waals surface area (Å²) < 4.78 is 15.9. The lowest BCUT2D eigenvalue weighted by Gasteiger charge is -2.37. The number of benzene rings is 2. The summed E-state index contributed by atoms with van der Waals surface area (Å²) in [6.07, 6.45) is 6.13. The van der Waals surface area contributed by atoms with E-state index in [-0.39, 0.29) is 36.4 Å². The van der Waals surface area contributed by atoms with Crippen molar-refractivity contribution < 1.29 is 14.0 Å². The molecular weight excluding hydrogens is 604 g/mol. The van der Waals surface area contributed by atoms with E-state index in [4.69, 9.17) is 34.8 Å². The number of nitrogens with one attached hydrogen (secondary N) is 1. The maximum atomic E-state index is 15.3. The van der Waals surface area contributed by atoms with Gasteiger partial charge in [-0.1, -0.05) is 60.8 Å². The van der Waals surface area contributed by atoms with Gasteiger partial charge in [0.25, 0.3) is 5.91 Å². The molecule has 0 radical (unpaired) electrons. The van der Waals surface area contributed by atoms with Crippen molar-refractivity contribution >= 4 is 68.0 Å². The molecule has 1 saturated carbocycles. The lowest BCUT2D eigenvalue weighted by atomic mass is 9.89. The standard InChI is InChI=1S/C31H29Cl3FN3O2S/c1-17(2)30(39)37-21-4-6-22(7-5-21)38(16-20-15-19(3-10-25(20)35)18-11-13-36-14-12-18)31(40)29-26(33)23-8-9-24(32)27(34)28(23)41-29/h3,8-15,17,21-22H,4-7,16H2,1-2H3,(H,37,39). The fraction of sp³-hybridized carbons (Fsp3) is 0.323. The van der Waals surface area contributed by atoms with Gasteiger partial charge in [0, 0.05) is 47.9 Å². The third kappa shape index (κ3) is 6.38. The highest BCUT2D eigenvalue weighted by Gasteiger charge is 2.33. The largest absolute Gasteiger partial charge is 0.353 e. The second kappa shape index (κ2) is 12.7. The molecule has 1 N–H and O–H groups in total. The van der Waals surface area contributed by atoms with Gasteiger partial charge in [0.2, 0.25) is 5.91 Å². The highest BCUT2D eigenvalue weighted by atomic mass is 35.5. The van der Waals surface area contributed by atoms with Crippen LogP contribution in [0.4, 0.5) is 4.39 Å². The monoisotopic (exact) mass is 631 g/mol. The van der Waals surface area contributed by atoms with E-state index in [1.165, 1.54) is 17.4 Å². The molecule has 1 aliphatic rings. The molecule has 0 saturated heterocycles. The van der Waals surface area contributed by atoms with Crippen LogP contribution in [0.25, 0.3) is 21.2 Å². The smallest absolute Gasteiger partial charge is 0.266 e. The molecule has 0 bridgehead atoms. The van der Waals surface area contributed by atoms with Crippen LogP contribution in [0.1, 0.15) is 54.8 Å². The van der Waals surface area contributed by atoms with Gasteiger partial charge in [-0.2, -0.15) is 0 Å².